The zero-order valence-corrected chi connectivity index (χ0v) is 9.59. The van der Waals surface area contributed by atoms with Crippen molar-refractivity contribution in [2.75, 3.05) is 0 Å². The van der Waals surface area contributed by atoms with Gasteiger partial charge in [0.15, 0.2) is 0 Å². The predicted molar refractivity (Wildman–Crippen MR) is 58.2 cm³/mol. The van der Waals surface area contributed by atoms with Crippen LogP contribution in [-0.2, 0) is 11.3 Å². The van der Waals surface area contributed by atoms with Gasteiger partial charge in [0.05, 0.1) is 17.5 Å². The molecule has 17 heavy (non-hydrogen) atoms. The van der Waals surface area contributed by atoms with Crippen molar-refractivity contribution in [2.24, 2.45) is 5.41 Å². The Bertz CT molecular complexity index is 545. The lowest BCUT2D eigenvalue weighted by atomic mass is 10.1. The molecule has 0 amide bonds. The van der Waals surface area contributed by atoms with Gasteiger partial charge in [-0.15, -0.1) is 16.4 Å². The largest absolute Gasteiger partial charge is 0.481 e. The molecule has 8 heteroatoms. The number of hydrogen-bond acceptors (Lipinski definition) is 6. The number of carboxylic acids is 1. The molecule has 7 nitrogen and oxygen atoms in total. The van der Waals surface area contributed by atoms with Crippen LogP contribution in [0.2, 0.25) is 0 Å². The van der Waals surface area contributed by atoms with Gasteiger partial charge in [-0.2, -0.15) is 0 Å². The van der Waals surface area contributed by atoms with Crippen molar-refractivity contribution >= 4 is 17.3 Å². The van der Waals surface area contributed by atoms with Gasteiger partial charge < -0.3 is 5.11 Å². The second-order valence-corrected chi connectivity index (χ2v) is 4.84. The minimum absolute atomic E-state index is 0.308. The number of carbonyl (C=O) groups is 1. The molecule has 1 aliphatic carbocycles. The molecule has 0 unspecified atom stereocenters. The fourth-order valence-electron chi connectivity index (χ4n) is 1.69. The summed E-state index contributed by atoms with van der Waals surface area (Å²) in [6.07, 6.45) is 1.36. The molecule has 0 radical (unpaired) electrons. The van der Waals surface area contributed by atoms with Gasteiger partial charge in [-0.25, -0.2) is 9.67 Å². The first-order chi connectivity index (χ1) is 8.21. The Hall–Kier alpha value is -1.83. The van der Waals surface area contributed by atoms with Crippen LogP contribution in [0, 0.1) is 5.41 Å². The molecule has 0 bridgehead atoms. The van der Waals surface area contributed by atoms with Crippen LogP contribution in [0.3, 0.4) is 0 Å². The van der Waals surface area contributed by atoms with E-state index in [9.17, 15) is 4.79 Å². The fraction of sp³-hybridized carbons (Fsp3) is 0.444. The Morgan fingerprint density at radius 2 is 2.41 bits per heavy atom. The monoisotopic (exact) mass is 251 g/mol. The zero-order valence-electron chi connectivity index (χ0n) is 8.78. The van der Waals surface area contributed by atoms with Crippen molar-refractivity contribution in [2.45, 2.75) is 19.4 Å². The third-order valence-corrected chi connectivity index (χ3v) is 3.54. The van der Waals surface area contributed by atoms with Gasteiger partial charge in [0.2, 0.25) is 5.82 Å². The lowest BCUT2D eigenvalue weighted by molar-refractivity contribution is -0.144. The van der Waals surface area contributed by atoms with Crippen molar-refractivity contribution in [1.29, 1.82) is 0 Å². The molecule has 0 saturated heterocycles. The average Bonchev–Trinajstić information content (AvgIpc) is 2.75. The van der Waals surface area contributed by atoms with Gasteiger partial charge in [-0.05, 0) is 23.3 Å². The maximum absolute atomic E-state index is 11.1. The Morgan fingerprint density at radius 1 is 1.59 bits per heavy atom. The number of carboxylic acid groups (broad SMARTS) is 1. The summed E-state index contributed by atoms with van der Waals surface area (Å²) >= 11 is 1.45. The van der Waals surface area contributed by atoms with E-state index < -0.39 is 11.4 Å². The summed E-state index contributed by atoms with van der Waals surface area (Å²) in [4.78, 5) is 15.2. The molecule has 0 aromatic carbocycles. The summed E-state index contributed by atoms with van der Waals surface area (Å²) < 4.78 is 1.52. The topological polar surface area (TPSA) is 93.8 Å². The van der Waals surface area contributed by atoms with Crippen molar-refractivity contribution in [3.63, 3.8) is 0 Å². The molecule has 1 fully saturated rings. The molecular weight excluding hydrogens is 242 g/mol. The summed E-state index contributed by atoms with van der Waals surface area (Å²) in [6, 6.07) is 0. The van der Waals surface area contributed by atoms with Gasteiger partial charge in [0.25, 0.3) is 0 Å². The highest BCUT2D eigenvalue weighted by Crippen LogP contribution is 2.47. The van der Waals surface area contributed by atoms with Crippen LogP contribution in [0.5, 0.6) is 0 Å². The maximum Gasteiger partial charge on any atom is 0.311 e. The van der Waals surface area contributed by atoms with Gasteiger partial charge in [-0.3, -0.25) is 4.79 Å². The smallest absolute Gasteiger partial charge is 0.311 e. The van der Waals surface area contributed by atoms with E-state index in [2.05, 4.69) is 20.5 Å². The van der Waals surface area contributed by atoms with Crippen LogP contribution in [0.25, 0.3) is 11.5 Å². The maximum atomic E-state index is 11.1. The van der Waals surface area contributed by atoms with E-state index in [4.69, 9.17) is 5.11 Å². The van der Waals surface area contributed by atoms with Crippen molar-refractivity contribution < 1.29 is 9.90 Å². The van der Waals surface area contributed by atoms with E-state index in [-0.39, 0.29) is 0 Å². The Kier molecular flexibility index (Phi) is 2.18. The molecule has 1 aliphatic rings. The molecule has 2 heterocycles. The van der Waals surface area contributed by atoms with Crippen LogP contribution >= 0.6 is 11.3 Å². The minimum Gasteiger partial charge on any atom is -0.481 e. The van der Waals surface area contributed by atoms with E-state index >= 15 is 0 Å². The average molecular weight is 251 g/mol. The molecule has 3 rings (SSSR count). The third kappa shape index (κ3) is 1.70. The van der Waals surface area contributed by atoms with Crippen molar-refractivity contribution in [1.82, 2.24) is 25.2 Å². The summed E-state index contributed by atoms with van der Waals surface area (Å²) in [6.45, 7) is 0.308. The van der Waals surface area contributed by atoms with Crippen molar-refractivity contribution in [3.8, 4) is 11.5 Å². The first-order valence-corrected chi connectivity index (χ1v) is 6.04. The van der Waals surface area contributed by atoms with E-state index in [1.807, 2.05) is 5.38 Å². The standard InChI is InChI=1S/C9H9N5O2S/c15-8(16)9(1-2-9)4-14-7(11-12-13-14)6-3-17-5-10-6/h3,5H,1-2,4H2,(H,15,16). The van der Waals surface area contributed by atoms with E-state index in [0.29, 0.717) is 30.9 Å². The molecule has 0 aliphatic heterocycles. The number of thiazole rings is 1. The molecule has 0 spiro atoms. The van der Waals surface area contributed by atoms with E-state index in [0.717, 1.165) is 0 Å². The van der Waals surface area contributed by atoms with Crippen LogP contribution in [0.4, 0.5) is 0 Å². The Labute approximate surface area is 100 Å². The van der Waals surface area contributed by atoms with Crippen LogP contribution in [0.15, 0.2) is 10.9 Å². The second-order valence-electron chi connectivity index (χ2n) is 4.12. The molecule has 1 saturated carbocycles. The van der Waals surface area contributed by atoms with Gasteiger partial charge in [0, 0.05) is 5.38 Å². The number of tetrazole rings is 1. The molecule has 2 aromatic heterocycles. The third-order valence-electron chi connectivity index (χ3n) is 2.95. The lowest BCUT2D eigenvalue weighted by Crippen LogP contribution is -2.22. The van der Waals surface area contributed by atoms with Crippen LogP contribution in [0.1, 0.15) is 12.8 Å². The highest BCUT2D eigenvalue weighted by atomic mass is 32.1. The number of aliphatic carboxylic acids is 1. The van der Waals surface area contributed by atoms with E-state index in [1.54, 1.807) is 5.51 Å². The first-order valence-electron chi connectivity index (χ1n) is 5.09. The Balaban J connectivity index is 1.90. The molecule has 0 atom stereocenters. The minimum atomic E-state index is -0.780. The molecule has 2 aromatic rings. The van der Waals surface area contributed by atoms with E-state index in [1.165, 1.54) is 16.0 Å². The quantitative estimate of drug-likeness (QED) is 0.858. The second kappa shape index (κ2) is 3.59. The highest BCUT2D eigenvalue weighted by molar-refractivity contribution is 7.07. The van der Waals surface area contributed by atoms with Crippen LogP contribution in [-0.4, -0.2) is 36.3 Å². The summed E-state index contributed by atoms with van der Waals surface area (Å²) in [5.74, 6) is -0.254. The van der Waals surface area contributed by atoms with Crippen molar-refractivity contribution in [3.05, 3.63) is 10.9 Å². The summed E-state index contributed by atoms with van der Waals surface area (Å²) in [5, 5.41) is 22.3. The van der Waals surface area contributed by atoms with Gasteiger partial charge in [0.1, 0.15) is 5.69 Å². The first kappa shape index (κ1) is 10.3. The number of nitrogens with zero attached hydrogens (tertiary/aromatic N) is 5. The SMILES string of the molecule is O=C(O)C1(Cn2nnnc2-c2cscn2)CC1. The zero-order chi connectivity index (χ0) is 11.9. The predicted octanol–water partition coefficient (Wildman–Crippen LogP) is 0.661. The number of hydrogen-bond donors (Lipinski definition) is 1. The fourth-order valence-corrected chi connectivity index (χ4v) is 2.23. The summed E-state index contributed by atoms with van der Waals surface area (Å²) in [5.41, 5.74) is 1.69. The summed E-state index contributed by atoms with van der Waals surface area (Å²) in [7, 11) is 0. The van der Waals surface area contributed by atoms with Crippen LogP contribution < -0.4 is 0 Å². The molecule has 1 N–H and O–H groups in total. The molecule has 88 valence electrons. The normalized spacial score (nSPS) is 16.9. The van der Waals surface area contributed by atoms with Gasteiger partial charge in [-0.1, -0.05) is 0 Å². The Morgan fingerprint density at radius 3 is 3.00 bits per heavy atom. The highest BCUT2D eigenvalue weighted by Gasteiger charge is 2.51. The molecular formula is C9H9N5O2S. The number of rotatable bonds is 4. The van der Waals surface area contributed by atoms with Gasteiger partial charge >= 0.3 is 5.97 Å². The number of aromatic nitrogens is 5. The lowest BCUT2D eigenvalue weighted by Gasteiger charge is -2.09.